The van der Waals surface area contributed by atoms with Crippen molar-refractivity contribution < 1.29 is 0 Å². The zero-order valence-electron chi connectivity index (χ0n) is 10.4. The van der Waals surface area contributed by atoms with Gasteiger partial charge in [0.1, 0.15) is 0 Å². The molecule has 0 bridgehead atoms. The molecule has 4 nitrogen and oxygen atoms in total. The second-order valence-electron chi connectivity index (χ2n) is 4.48. The van der Waals surface area contributed by atoms with Gasteiger partial charge in [0.2, 0.25) is 0 Å². The minimum atomic E-state index is 0.690. The Morgan fingerprint density at radius 2 is 1.75 bits per heavy atom. The van der Waals surface area contributed by atoms with Crippen LogP contribution in [0.25, 0.3) is 23.5 Å². The molecule has 0 amide bonds. The third-order valence-corrected chi connectivity index (χ3v) is 4.38. The predicted octanol–water partition coefficient (Wildman–Crippen LogP) is 3.50. The highest BCUT2D eigenvalue weighted by Crippen LogP contribution is 2.38. The molecule has 0 saturated heterocycles. The number of hydrogen-bond acceptors (Lipinski definition) is 4. The number of aromatic amines is 1. The SMILES string of the molecule is C1=Cc2ccc(-c3nnn[nH]3)cc2Sc2ccccc21. The highest BCUT2D eigenvalue weighted by molar-refractivity contribution is 7.99. The Bertz CT molecular complexity index is 793. The first kappa shape index (κ1) is 11.4. The first-order valence-corrected chi connectivity index (χ1v) is 7.05. The summed E-state index contributed by atoms with van der Waals surface area (Å²) in [6.07, 6.45) is 4.31. The van der Waals surface area contributed by atoms with Gasteiger partial charge in [0.05, 0.1) is 0 Å². The first-order chi connectivity index (χ1) is 9.90. The molecule has 1 N–H and O–H groups in total. The third kappa shape index (κ3) is 1.92. The molecule has 0 aliphatic carbocycles. The molecule has 0 spiro atoms. The fourth-order valence-electron chi connectivity index (χ4n) is 2.20. The molecule has 4 rings (SSSR count). The summed E-state index contributed by atoms with van der Waals surface area (Å²) in [7, 11) is 0. The Morgan fingerprint density at radius 3 is 2.60 bits per heavy atom. The van der Waals surface area contributed by atoms with Gasteiger partial charge in [-0.25, -0.2) is 5.10 Å². The lowest BCUT2D eigenvalue weighted by atomic mass is 10.1. The van der Waals surface area contributed by atoms with Crippen LogP contribution < -0.4 is 0 Å². The molecule has 5 heteroatoms. The molecular weight excluding hydrogens is 268 g/mol. The molecule has 1 aliphatic rings. The number of aromatic nitrogens is 4. The maximum absolute atomic E-state index is 3.96. The van der Waals surface area contributed by atoms with Gasteiger partial charge in [-0.15, -0.1) is 5.10 Å². The van der Waals surface area contributed by atoms with Crippen molar-refractivity contribution in [1.82, 2.24) is 20.6 Å². The molecule has 3 aromatic rings. The fourth-order valence-corrected chi connectivity index (χ4v) is 3.28. The third-order valence-electron chi connectivity index (χ3n) is 3.21. The van der Waals surface area contributed by atoms with Crippen LogP contribution in [-0.4, -0.2) is 20.6 Å². The smallest absolute Gasteiger partial charge is 0.179 e. The quantitative estimate of drug-likeness (QED) is 0.579. The van der Waals surface area contributed by atoms with Crippen molar-refractivity contribution in [2.24, 2.45) is 0 Å². The van der Waals surface area contributed by atoms with Crippen LogP contribution in [-0.2, 0) is 0 Å². The van der Waals surface area contributed by atoms with Crippen LogP contribution in [0.3, 0.4) is 0 Å². The highest BCUT2D eigenvalue weighted by Gasteiger charge is 2.11. The van der Waals surface area contributed by atoms with Crippen LogP contribution >= 0.6 is 11.8 Å². The molecular formula is C15H10N4S. The van der Waals surface area contributed by atoms with Crippen LogP contribution in [0.1, 0.15) is 11.1 Å². The number of hydrogen-bond donors (Lipinski definition) is 1. The van der Waals surface area contributed by atoms with E-state index in [1.54, 1.807) is 11.8 Å². The molecule has 20 heavy (non-hydrogen) atoms. The monoisotopic (exact) mass is 278 g/mol. The van der Waals surface area contributed by atoms with Crippen LogP contribution in [0.15, 0.2) is 52.3 Å². The van der Waals surface area contributed by atoms with E-state index >= 15 is 0 Å². The summed E-state index contributed by atoms with van der Waals surface area (Å²) in [4.78, 5) is 2.47. The lowest BCUT2D eigenvalue weighted by Crippen LogP contribution is -1.85. The van der Waals surface area contributed by atoms with E-state index in [1.165, 1.54) is 20.9 Å². The van der Waals surface area contributed by atoms with E-state index in [4.69, 9.17) is 0 Å². The number of nitrogens with one attached hydrogen (secondary N) is 1. The molecule has 0 saturated carbocycles. The number of fused-ring (bicyclic) bond motifs is 2. The van der Waals surface area contributed by atoms with Crippen molar-refractivity contribution in [3.63, 3.8) is 0 Å². The van der Waals surface area contributed by atoms with Crippen LogP contribution in [0.5, 0.6) is 0 Å². The van der Waals surface area contributed by atoms with Gasteiger partial charge >= 0.3 is 0 Å². The van der Waals surface area contributed by atoms with Crippen molar-refractivity contribution in [2.75, 3.05) is 0 Å². The molecule has 1 aliphatic heterocycles. The average molecular weight is 278 g/mol. The Kier molecular flexibility index (Phi) is 2.63. The Labute approximate surface area is 119 Å². The molecule has 0 atom stereocenters. The Hall–Kier alpha value is -2.40. The van der Waals surface area contributed by atoms with E-state index in [2.05, 4.69) is 69.2 Å². The van der Waals surface area contributed by atoms with Gasteiger partial charge in [0, 0.05) is 15.4 Å². The highest BCUT2D eigenvalue weighted by atomic mass is 32.2. The second kappa shape index (κ2) is 4.61. The number of rotatable bonds is 1. The molecule has 2 heterocycles. The van der Waals surface area contributed by atoms with Gasteiger partial charge < -0.3 is 0 Å². The maximum atomic E-state index is 3.96. The topological polar surface area (TPSA) is 54.5 Å². The lowest BCUT2D eigenvalue weighted by Gasteiger charge is -2.06. The van der Waals surface area contributed by atoms with Gasteiger partial charge in [-0.2, -0.15) is 0 Å². The number of nitrogens with zero attached hydrogens (tertiary/aromatic N) is 3. The van der Waals surface area contributed by atoms with Crippen molar-refractivity contribution in [1.29, 1.82) is 0 Å². The summed E-state index contributed by atoms with van der Waals surface area (Å²) in [5, 5.41) is 14.0. The molecule has 0 unspecified atom stereocenters. The largest absolute Gasteiger partial charge is 0.239 e. The van der Waals surface area contributed by atoms with E-state index in [1.807, 2.05) is 6.07 Å². The zero-order valence-corrected chi connectivity index (χ0v) is 11.3. The minimum Gasteiger partial charge on any atom is -0.239 e. The maximum Gasteiger partial charge on any atom is 0.179 e. The van der Waals surface area contributed by atoms with E-state index in [9.17, 15) is 0 Å². The Morgan fingerprint density at radius 1 is 0.900 bits per heavy atom. The van der Waals surface area contributed by atoms with E-state index in [-0.39, 0.29) is 0 Å². The first-order valence-electron chi connectivity index (χ1n) is 6.23. The molecule has 1 aromatic heterocycles. The number of tetrazole rings is 1. The van der Waals surface area contributed by atoms with E-state index in [0.29, 0.717) is 5.82 Å². The van der Waals surface area contributed by atoms with Crippen molar-refractivity contribution in [2.45, 2.75) is 9.79 Å². The summed E-state index contributed by atoms with van der Waals surface area (Å²) >= 11 is 1.77. The molecule has 2 aromatic carbocycles. The minimum absolute atomic E-state index is 0.690. The summed E-state index contributed by atoms with van der Waals surface area (Å²) < 4.78 is 0. The van der Waals surface area contributed by atoms with Gasteiger partial charge in [0.25, 0.3) is 0 Å². The van der Waals surface area contributed by atoms with E-state index in [0.717, 1.165) is 5.56 Å². The molecule has 0 radical (unpaired) electrons. The van der Waals surface area contributed by atoms with Crippen LogP contribution in [0, 0.1) is 0 Å². The Balaban J connectivity index is 1.83. The van der Waals surface area contributed by atoms with Crippen molar-refractivity contribution in [3.05, 3.63) is 53.6 Å². The van der Waals surface area contributed by atoms with Gasteiger partial charge in [-0.05, 0) is 33.7 Å². The van der Waals surface area contributed by atoms with Gasteiger partial charge in [-0.3, -0.25) is 0 Å². The van der Waals surface area contributed by atoms with E-state index < -0.39 is 0 Å². The molecule has 96 valence electrons. The predicted molar refractivity (Wildman–Crippen MR) is 79.1 cm³/mol. The van der Waals surface area contributed by atoms with Gasteiger partial charge in [0.15, 0.2) is 5.82 Å². The lowest BCUT2D eigenvalue weighted by molar-refractivity contribution is 0.881. The number of H-pyrrole nitrogens is 1. The summed E-state index contributed by atoms with van der Waals surface area (Å²) in [5.74, 6) is 0.690. The second-order valence-corrected chi connectivity index (χ2v) is 5.56. The van der Waals surface area contributed by atoms with Crippen LogP contribution in [0.2, 0.25) is 0 Å². The number of benzene rings is 2. The van der Waals surface area contributed by atoms with Crippen LogP contribution in [0.4, 0.5) is 0 Å². The van der Waals surface area contributed by atoms with Crippen molar-refractivity contribution in [3.8, 4) is 11.4 Å². The standard InChI is InChI=1S/C15H10N4S/c1-2-4-13-10(3-1)5-6-11-7-8-12(9-14(11)20-13)15-16-18-19-17-15/h1-9H,(H,16,17,18,19). The van der Waals surface area contributed by atoms with Crippen molar-refractivity contribution >= 4 is 23.9 Å². The summed E-state index contributed by atoms with van der Waals surface area (Å²) in [6, 6.07) is 14.6. The fraction of sp³-hybridized carbons (Fsp3) is 0. The molecule has 0 fully saturated rings. The summed E-state index contributed by atoms with van der Waals surface area (Å²) in [5.41, 5.74) is 3.45. The normalized spacial score (nSPS) is 12.6. The van der Waals surface area contributed by atoms with Gasteiger partial charge in [-0.1, -0.05) is 54.2 Å². The zero-order chi connectivity index (χ0) is 13.4. The summed E-state index contributed by atoms with van der Waals surface area (Å²) in [6.45, 7) is 0. The average Bonchev–Trinajstić information content (AvgIpc) is 2.95.